The molecule has 2 aromatic rings. The van der Waals surface area contributed by atoms with Gasteiger partial charge < -0.3 is 10.2 Å². The zero-order chi connectivity index (χ0) is 16.4. The number of benzene rings is 1. The molecule has 2 heterocycles. The normalized spacial score (nSPS) is 18.1. The second-order valence-electron chi connectivity index (χ2n) is 5.80. The first kappa shape index (κ1) is 15.6. The predicted octanol–water partition coefficient (Wildman–Crippen LogP) is 3.87. The molecule has 1 saturated heterocycles. The minimum Gasteiger partial charge on any atom is -0.356 e. The van der Waals surface area contributed by atoms with Crippen LogP contribution < -0.4 is 10.2 Å². The Labute approximate surface area is 132 Å². The van der Waals surface area contributed by atoms with Crippen molar-refractivity contribution < 1.29 is 13.2 Å². The van der Waals surface area contributed by atoms with E-state index in [0.717, 1.165) is 37.5 Å². The minimum atomic E-state index is -1.51. The molecule has 1 aliphatic heterocycles. The Hall–Kier alpha value is -2.31. The summed E-state index contributed by atoms with van der Waals surface area (Å²) < 4.78 is 40.0. The van der Waals surface area contributed by atoms with Gasteiger partial charge in [0.15, 0.2) is 17.5 Å². The van der Waals surface area contributed by atoms with E-state index in [-0.39, 0.29) is 5.69 Å². The van der Waals surface area contributed by atoms with Crippen LogP contribution in [0.5, 0.6) is 0 Å². The smallest absolute Gasteiger partial charge is 0.196 e. The van der Waals surface area contributed by atoms with E-state index in [2.05, 4.69) is 27.1 Å². The van der Waals surface area contributed by atoms with Crippen LogP contribution in [0.2, 0.25) is 0 Å². The Morgan fingerprint density at radius 2 is 2.00 bits per heavy atom. The van der Waals surface area contributed by atoms with E-state index in [9.17, 15) is 13.2 Å². The standard InChI is InChI=1S/C16H17F3N4/c1-10-3-2-6-23(8-10)14-7-13(20-9-21-14)22-12-5-4-11(17)15(18)16(12)19/h4-5,7,9-10H,2-3,6,8H2,1H3,(H,20,21,22). The zero-order valence-electron chi connectivity index (χ0n) is 12.7. The molecule has 0 radical (unpaired) electrons. The van der Waals surface area contributed by atoms with Crippen LogP contribution in [-0.2, 0) is 0 Å². The average molecular weight is 322 g/mol. The highest BCUT2D eigenvalue weighted by Crippen LogP contribution is 2.26. The number of aromatic nitrogens is 2. The molecular weight excluding hydrogens is 305 g/mol. The van der Waals surface area contributed by atoms with E-state index in [1.54, 1.807) is 6.07 Å². The molecule has 1 aromatic heterocycles. The molecule has 23 heavy (non-hydrogen) atoms. The summed E-state index contributed by atoms with van der Waals surface area (Å²) in [6.07, 6.45) is 3.65. The quantitative estimate of drug-likeness (QED) is 0.871. The van der Waals surface area contributed by atoms with Gasteiger partial charge in [-0.3, -0.25) is 0 Å². The van der Waals surface area contributed by atoms with Crippen molar-refractivity contribution in [3.8, 4) is 0 Å². The average Bonchev–Trinajstić information content (AvgIpc) is 2.56. The topological polar surface area (TPSA) is 41.0 Å². The highest BCUT2D eigenvalue weighted by molar-refractivity contribution is 5.60. The SMILES string of the molecule is CC1CCCN(c2cc(Nc3ccc(F)c(F)c3F)ncn2)C1. The lowest BCUT2D eigenvalue weighted by molar-refractivity contribution is 0.444. The van der Waals surface area contributed by atoms with E-state index in [0.29, 0.717) is 11.7 Å². The molecule has 1 N–H and O–H groups in total. The number of nitrogens with one attached hydrogen (secondary N) is 1. The molecule has 7 heteroatoms. The third-order valence-corrected chi connectivity index (χ3v) is 3.93. The highest BCUT2D eigenvalue weighted by atomic mass is 19.2. The first-order chi connectivity index (χ1) is 11.0. The van der Waals surface area contributed by atoms with Crippen LogP contribution in [0, 0.1) is 23.4 Å². The van der Waals surface area contributed by atoms with E-state index >= 15 is 0 Å². The maximum atomic E-state index is 13.7. The molecule has 1 aliphatic rings. The van der Waals surface area contributed by atoms with Crippen molar-refractivity contribution in [3.63, 3.8) is 0 Å². The number of hydrogen-bond donors (Lipinski definition) is 1. The molecule has 1 atom stereocenters. The Morgan fingerprint density at radius 1 is 1.17 bits per heavy atom. The monoisotopic (exact) mass is 322 g/mol. The molecule has 0 amide bonds. The van der Waals surface area contributed by atoms with Gasteiger partial charge in [0, 0.05) is 19.2 Å². The van der Waals surface area contributed by atoms with Gasteiger partial charge in [-0.2, -0.15) is 0 Å². The van der Waals surface area contributed by atoms with Crippen LogP contribution >= 0.6 is 0 Å². The zero-order valence-corrected chi connectivity index (χ0v) is 12.7. The van der Waals surface area contributed by atoms with Crippen LogP contribution in [0.4, 0.5) is 30.5 Å². The van der Waals surface area contributed by atoms with E-state index in [1.165, 1.54) is 12.7 Å². The predicted molar refractivity (Wildman–Crippen MR) is 82.2 cm³/mol. The van der Waals surface area contributed by atoms with Gasteiger partial charge >= 0.3 is 0 Å². The lowest BCUT2D eigenvalue weighted by Gasteiger charge is -2.31. The van der Waals surface area contributed by atoms with Gasteiger partial charge in [-0.1, -0.05) is 6.92 Å². The molecule has 1 unspecified atom stereocenters. The van der Waals surface area contributed by atoms with Crippen molar-refractivity contribution >= 4 is 17.3 Å². The number of nitrogens with zero attached hydrogens (tertiary/aromatic N) is 3. The van der Waals surface area contributed by atoms with E-state index in [4.69, 9.17) is 0 Å². The molecular formula is C16H17F3N4. The van der Waals surface area contributed by atoms with Gasteiger partial charge in [0.25, 0.3) is 0 Å². The third kappa shape index (κ3) is 3.38. The highest BCUT2D eigenvalue weighted by Gasteiger charge is 2.18. The van der Waals surface area contributed by atoms with Crippen LogP contribution in [0.25, 0.3) is 0 Å². The largest absolute Gasteiger partial charge is 0.356 e. The van der Waals surface area contributed by atoms with Gasteiger partial charge in [-0.15, -0.1) is 0 Å². The number of piperidine rings is 1. The molecule has 122 valence electrons. The van der Waals surface area contributed by atoms with Gasteiger partial charge in [-0.25, -0.2) is 23.1 Å². The summed E-state index contributed by atoms with van der Waals surface area (Å²) in [5, 5.41) is 2.67. The van der Waals surface area contributed by atoms with Crippen molar-refractivity contribution in [1.29, 1.82) is 0 Å². The Morgan fingerprint density at radius 3 is 2.78 bits per heavy atom. The second kappa shape index (κ2) is 6.44. The molecule has 0 spiro atoms. The summed E-state index contributed by atoms with van der Waals surface area (Å²) in [6, 6.07) is 3.69. The minimum absolute atomic E-state index is 0.166. The first-order valence-electron chi connectivity index (χ1n) is 7.52. The lowest BCUT2D eigenvalue weighted by atomic mass is 10.0. The van der Waals surface area contributed by atoms with E-state index < -0.39 is 17.5 Å². The lowest BCUT2D eigenvalue weighted by Crippen LogP contribution is -2.34. The van der Waals surface area contributed by atoms with Crippen molar-refractivity contribution in [2.24, 2.45) is 5.92 Å². The Kier molecular flexibility index (Phi) is 4.36. The summed E-state index contributed by atoms with van der Waals surface area (Å²) >= 11 is 0. The summed E-state index contributed by atoms with van der Waals surface area (Å²) in [5.74, 6) is -2.35. The first-order valence-corrected chi connectivity index (χ1v) is 7.52. The molecule has 0 aliphatic carbocycles. The number of anilines is 3. The maximum absolute atomic E-state index is 13.7. The van der Waals surface area contributed by atoms with Crippen molar-refractivity contribution in [1.82, 2.24) is 9.97 Å². The van der Waals surface area contributed by atoms with E-state index in [1.807, 2.05) is 0 Å². The Bertz CT molecular complexity index is 708. The summed E-state index contributed by atoms with van der Waals surface area (Å²) in [5.41, 5.74) is -0.166. The fraction of sp³-hybridized carbons (Fsp3) is 0.375. The van der Waals surface area contributed by atoms with Crippen LogP contribution in [0.15, 0.2) is 24.5 Å². The van der Waals surface area contributed by atoms with Gasteiger partial charge in [-0.05, 0) is 30.9 Å². The fourth-order valence-corrected chi connectivity index (χ4v) is 2.75. The van der Waals surface area contributed by atoms with Gasteiger partial charge in [0.2, 0.25) is 0 Å². The number of halogens is 3. The molecule has 4 nitrogen and oxygen atoms in total. The van der Waals surface area contributed by atoms with Crippen LogP contribution in [0.1, 0.15) is 19.8 Å². The van der Waals surface area contributed by atoms with Crippen LogP contribution in [0.3, 0.4) is 0 Å². The van der Waals surface area contributed by atoms with Gasteiger partial charge in [0.05, 0.1) is 5.69 Å². The molecule has 1 aromatic carbocycles. The number of hydrogen-bond acceptors (Lipinski definition) is 4. The summed E-state index contributed by atoms with van der Waals surface area (Å²) in [7, 11) is 0. The van der Waals surface area contributed by atoms with Crippen molar-refractivity contribution in [2.75, 3.05) is 23.3 Å². The fourth-order valence-electron chi connectivity index (χ4n) is 2.75. The molecule has 0 bridgehead atoms. The van der Waals surface area contributed by atoms with Crippen molar-refractivity contribution in [3.05, 3.63) is 42.0 Å². The molecule has 1 fully saturated rings. The molecule has 3 rings (SSSR count). The van der Waals surface area contributed by atoms with Gasteiger partial charge in [0.1, 0.15) is 18.0 Å². The van der Waals surface area contributed by atoms with Crippen molar-refractivity contribution in [2.45, 2.75) is 19.8 Å². The second-order valence-corrected chi connectivity index (χ2v) is 5.80. The Balaban J connectivity index is 1.82. The third-order valence-electron chi connectivity index (χ3n) is 3.93. The summed E-state index contributed by atoms with van der Waals surface area (Å²) in [6.45, 7) is 3.99. The maximum Gasteiger partial charge on any atom is 0.196 e. The number of rotatable bonds is 3. The van der Waals surface area contributed by atoms with Crippen LogP contribution in [-0.4, -0.2) is 23.1 Å². The summed E-state index contributed by atoms with van der Waals surface area (Å²) in [4.78, 5) is 10.4. The molecule has 0 saturated carbocycles.